The molecule has 0 aliphatic carbocycles. The molecule has 0 bridgehead atoms. The second kappa shape index (κ2) is 9.43. The van der Waals surface area contributed by atoms with Crippen LogP contribution < -0.4 is 21.9 Å². The highest BCUT2D eigenvalue weighted by atomic mass is 35.5. The minimum atomic E-state index is -0.541. The first-order valence-electron chi connectivity index (χ1n) is 7.95. The fourth-order valence-electron chi connectivity index (χ4n) is 2.63. The van der Waals surface area contributed by atoms with E-state index in [1.54, 1.807) is 13.0 Å². The highest BCUT2D eigenvalue weighted by Gasteiger charge is 2.23. The monoisotopic (exact) mass is 404 g/mol. The summed E-state index contributed by atoms with van der Waals surface area (Å²) in [5, 5.41) is 1.90. The van der Waals surface area contributed by atoms with Crippen molar-refractivity contribution in [3.8, 4) is 0 Å². The van der Waals surface area contributed by atoms with Gasteiger partial charge in [-0.15, -0.1) is 11.8 Å². The summed E-state index contributed by atoms with van der Waals surface area (Å²) >= 11 is 13.6. The molecule has 1 aliphatic heterocycles. The summed E-state index contributed by atoms with van der Waals surface area (Å²) in [6.07, 6.45) is 1.83. The lowest BCUT2D eigenvalue weighted by molar-refractivity contribution is -0.139. The Morgan fingerprint density at radius 3 is 2.44 bits per heavy atom. The molecule has 138 valence electrons. The Morgan fingerprint density at radius 2 is 1.92 bits per heavy atom. The van der Waals surface area contributed by atoms with Crippen molar-refractivity contribution in [3.63, 3.8) is 0 Å². The lowest BCUT2D eigenvalue weighted by Gasteiger charge is -2.33. The maximum atomic E-state index is 11.8. The lowest BCUT2D eigenvalue weighted by Crippen LogP contribution is -2.36. The van der Waals surface area contributed by atoms with Crippen LogP contribution in [0.4, 0.5) is 5.69 Å². The fourth-order valence-corrected chi connectivity index (χ4v) is 4.21. The number of esters is 1. The van der Waals surface area contributed by atoms with E-state index in [4.69, 9.17) is 39.5 Å². The van der Waals surface area contributed by atoms with Crippen LogP contribution in [0.2, 0.25) is 10.0 Å². The van der Waals surface area contributed by atoms with E-state index in [0.717, 1.165) is 31.6 Å². The number of piperidine rings is 1. The van der Waals surface area contributed by atoms with Gasteiger partial charge in [0.1, 0.15) is 0 Å². The molecule has 1 heterocycles. The minimum absolute atomic E-state index is 0.107. The minimum Gasteiger partial charge on any atom is -0.461 e. The van der Waals surface area contributed by atoms with Crippen LogP contribution in [0.25, 0.3) is 0 Å². The number of anilines is 1. The Labute approximate surface area is 161 Å². The number of carbonyl (C=O) groups is 1. The van der Waals surface area contributed by atoms with Crippen molar-refractivity contribution < 1.29 is 9.53 Å². The van der Waals surface area contributed by atoms with E-state index in [1.165, 1.54) is 11.8 Å². The Kier molecular flexibility index (Phi) is 7.56. The van der Waals surface area contributed by atoms with Gasteiger partial charge in [0, 0.05) is 34.1 Å². The van der Waals surface area contributed by atoms with Crippen LogP contribution in [0.15, 0.2) is 28.9 Å². The maximum absolute atomic E-state index is 11.8. The summed E-state index contributed by atoms with van der Waals surface area (Å²) in [6.45, 7) is 3.70. The highest BCUT2D eigenvalue weighted by Crippen LogP contribution is 2.32. The first-order valence-corrected chi connectivity index (χ1v) is 9.59. The average Bonchev–Trinajstić information content (AvgIpc) is 2.55. The zero-order valence-corrected chi connectivity index (χ0v) is 16.3. The molecule has 1 aliphatic rings. The Hall–Kier alpha value is -1.28. The number of nitrogens with two attached hydrogens (primary N) is 2. The standard InChI is InChI=1S/C16H22Cl2N4O2S/c1-2-24-16(23)14(21-20)15(19)25-13-3-5-22(6-4-13)12-8-10(17)7-11(18)9-12/h7-9,13,21H,2-6,19-20H2,1H3/b15-14+. The lowest BCUT2D eigenvalue weighted by atomic mass is 10.1. The number of halogens is 2. The third-order valence-electron chi connectivity index (χ3n) is 3.82. The van der Waals surface area contributed by atoms with Crippen molar-refractivity contribution in [2.75, 3.05) is 24.6 Å². The van der Waals surface area contributed by atoms with Crippen molar-refractivity contribution in [2.24, 2.45) is 11.6 Å². The van der Waals surface area contributed by atoms with E-state index in [1.807, 2.05) is 12.1 Å². The number of hydrogen-bond donors (Lipinski definition) is 3. The average molecular weight is 405 g/mol. The fraction of sp³-hybridized carbons (Fsp3) is 0.438. The van der Waals surface area contributed by atoms with Gasteiger partial charge in [0.05, 0.1) is 11.6 Å². The summed E-state index contributed by atoms with van der Waals surface area (Å²) in [7, 11) is 0. The summed E-state index contributed by atoms with van der Waals surface area (Å²) in [4.78, 5) is 14.0. The topological polar surface area (TPSA) is 93.6 Å². The molecule has 1 fully saturated rings. The maximum Gasteiger partial charge on any atom is 0.358 e. The molecule has 25 heavy (non-hydrogen) atoms. The smallest absolute Gasteiger partial charge is 0.358 e. The molecular formula is C16H22Cl2N4O2S. The SMILES string of the molecule is CCOC(=O)/C(NN)=C(/N)SC1CCN(c2cc(Cl)cc(Cl)c2)CC1. The highest BCUT2D eigenvalue weighted by molar-refractivity contribution is 8.03. The van der Waals surface area contributed by atoms with Crippen molar-refractivity contribution in [1.82, 2.24) is 5.43 Å². The molecule has 1 aromatic rings. The van der Waals surface area contributed by atoms with Crippen LogP contribution in [-0.2, 0) is 9.53 Å². The summed E-state index contributed by atoms with van der Waals surface area (Å²) < 4.78 is 4.94. The number of ether oxygens (including phenoxy) is 1. The van der Waals surface area contributed by atoms with Gasteiger partial charge in [-0.05, 0) is 38.0 Å². The molecule has 5 N–H and O–H groups in total. The number of rotatable bonds is 6. The quantitative estimate of drug-likeness (QED) is 0.290. The van der Waals surface area contributed by atoms with Gasteiger partial charge in [-0.1, -0.05) is 23.2 Å². The molecule has 1 saturated heterocycles. The van der Waals surface area contributed by atoms with Crippen LogP contribution in [0, 0.1) is 0 Å². The predicted molar refractivity (Wildman–Crippen MR) is 104 cm³/mol. The molecule has 0 saturated carbocycles. The van der Waals surface area contributed by atoms with E-state index >= 15 is 0 Å². The zero-order chi connectivity index (χ0) is 18.4. The number of hydrogen-bond acceptors (Lipinski definition) is 7. The molecule has 6 nitrogen and oxygen atoms in total. The van der Waals surface area contributed by atoms with Gasteiger partial charge in [0.2, 0.25) is 0 Å². The molecule has 2 rings (SSSR count). The second-order valence-electron chi connectivity index (χ2n) is 5.54. The molecule has 0 atom stereocenters. The van der Waals surface area contributed by atoms with Crippen LogP contribution in [0.5, 0.6) is 0 Å². The predicted octanol–water partition coefficient (Wildman–Crippen LogP) is 2.85. The van der Waals surface area contributed by atoms with Gasteiger partial charge < -0.3 is 20.8 Å². The summed E-state index contributed by atoms with van der Waals surface area (Å²) in [5.41, 5.74) is 9.49. The number of benzene rings is 1. The summed E-state index contributed by atoms with van der Waals surface area (Å²) in [6, 6.07) is 5.54. The Morgan fingerprint density at radius 1 is 1.32 bits per heavy atom. The number of carbonyl (C=O) groups excluding carboxylic acids is 1. The number of thioether (sulfide) groups is 1. The largest absolute Gasteiger partial charge is 0.461 e. The zero-order valence-electron chi connectivity index (χ0n) is 13.9. The molecule has 0 amide bonds. The molecule has 0 unspecified atom stereocenters. The second-order valence-corrected chi connectivity index (χ2v) is 7.75. The van der Waals surface area contributed by atoms with Crippen molar-refractivity contribution in [2.45, 2.75) is 25.0 Å². The van der Waals surface area contributed by atoms with Gasteiger partial charge >= 0.3 is 5.97 Å². The Bertz CT molecular complexity index is 629. The van der Waals surface area contributed by atoms with Gasteiger partial charge in [0.25, 0.3) is 0 Å². The van der Waals surface area contributed by atoms with E-state index in [2.05, 4.69) is 10.3 Å². The van der Waals surface area contributed by atoms with Crippen molar-refractivity contribution in [3.05, 3.63) is 39.0 Å². The van der Waals surface area contributed by atoms with Crippen LogP contribution in [0.1, 0.15) is 19.8 Å². The van der Waals surface area contributed by atoms with Gasteiger partial charge in [-0.3, -0.25) is 5.84 Å². The molecular weight excluding hydrogens is 383 g/mol. The first-order chi connectivity index (χ1) is 11.9. The van der Waals surface area contributed by atoms with Crippen molar-refractivity contribution in [1.29, 1.82) is 0 Å². The molecule has 9 heteroatoms. The van der Waals surface area contributed by atoms with E-state index in [9.17, 15) is 4.79 Å². The molecule has 1 aromatic carbocycles. The third-order valence-corrected chi connectivity index (χ3v) is 5.52. The van der Waals surface area contributed by atoms with Crippen LogP contribution >= 0.6 is 35.0 Å². The number of nitrogens with zero attached hydrogens (tertiary/aromatic N) is 1. The van der Waals surface area contributed by atoms with Gasteiger partial charge in [-0.2, -0.15) is 0 Å². The number of nitrogens with one attached hydrogen (secondary N) is 1. The van der Waals surface area contributed by atoms with E-state index in [0.29, 0.717) is 20.3 Å². The van der Waals surface area contributed by atoms with Crippen LogP contribution in [0.3, 0.4) is 0 Å². The van der Waals surface area contributed by atoms with E-state index < -0.39 is 5.97 Å². The molecule has 0 aromatic heterocycles. The van der Waals surface area contributed by atoms with Crippen LogP contribution in [-0.4, -0.2) is 30.9 Å². The summed E-state index contributed by atoms with van der Waals surface area (Å²) in [5.74, 6) is 4.86. The van der Waals surface area contributed by atoms with Crippen molar-refractivity contribution >= 4 is 46.6 Å². The van der Waals surface area contributed by atoms with Gasteiger partial charge in [0.15, 0.2) is 5.70 Å². The van der Waals surface area contributed by atoms with Gasteiger partial charge in [-0.25, -0.2) is 4.79 Å². The molecule has 0 radical (unpaired) electrons. The molecule has 0 spiro atoms. The first kappa shape index (κ1) is 20.0. The number of hydrazine groups is 1. The normalized spacial score (nSPS) is 16.4. The third kappa shape index (κ3) is 5.60. The Balaban J connectivity index is 1.96. The van der Waals surface area contributed by atoms with E-state index in [-0.39, 0.29) is 12.3 Å².